The SMILES string of the molecule is CN(C)C1COc2ccccc2C(=O)C1.O=C(O)/C=C\C(=O)O. The molecule has 0 radical (unpaired) electrons. The summed E-state index contributed by atoms with van der Waals surface area (Å²) in [4.78, 5) is 33.1. The van der Waals surface area contributed by atoms with E-state index >= 15 is 0 Å². The van der Waals surface area contributed by atoms with Crippen molar-refractivity contribution in [2.45, 2.75) is 12.5 Å². The third-order valence-electron chi connectivity index (χ3n) is 3.14. The Morgan fingerprint density at radius 3 is 2.26 bits per heavy atom. The van der Waals surface area contributed by atoms with Crippen molar-refractivity contribution >= 4 is 17.7 Å². The van der Waals surface area contributed by atoms with Gasteiger partial charge < -0.3 is 19.8 Å². The lowest BCUT2D eigenvalue weighted by Crippen LogP contribution is -2.34. The van der Waals surface area contributed by atoms with Crippen molar-refractivity contribution in [3.63, 3.8) is 0 Å². The molecule has 1 atom stereocenters. The summed E-state index contributed by atoms with van der Waals surface area (Å²) in [5, 5.41) is 15.6. The zero-order chi connectivity index (χ0) is 17.4. The molecule has 1 aliphatic heterocycles. The Morgan fingerprint density at radius 2 is 1.74 bits per heavy atom. The molecule has 7 nitrogen and oxygen atoms in total. The monoisotopic (exact) mass is 321 g/mol. The molecule has 1 aliphatic rings. The molecule has 0 bridgehead atoms. The Balaban J connectivity index is 0.000000284. The van der Waals surface area contributed by atoms with Crippen molar-refractivity contribution in [3.05, 3.63) is 42.0 Å². The number of carbonyl (C=O) groups excluding carboxylic acids is 1. The zero-order valence-corrected chi connectivity index (χ0v) is 12.9. The van der Waals surface area contributed by atoms with E-state index < -0.39 is 11.9 Å². The van der Waals surface area contributed by atoms with Crippen LogP contribution < -0.4 is 4.74 Å². The molecule has 0 aliphatic carbocycles. The molecule has 7 heteroatoms. The van der Waals surface area contributed by atoms with Gasteiger partial charge in [-0.05, 0) is 26.2 Å². The highest BCUT2D eigenvalue weighted by Crippen LogP contribution is 2.24. The van der Waals surface area contributed by atoms with E-state index in [1.807, 2.05) is 43.3 Å². The fraction of sp³-hybridized carbons (Fsp3) is 0.312. The normalized spacial score (nSPS) is 16.8. The molecule has 1 unspecified atom stereocenters. The van der Waals surface area contributed by atoms with Gasteiger partial charge in [0.2, 0.25) is 0 Å². The van der Waals surface area contributed by atoms with Crippen molar-refractivity contribution in [1.29, 1.82) is 0 Å². The third-order valence-corrected chi connectivity index (χ3v) is 3.14. The summed E-state index contributed by atoms with van der Waals surface area (Å²) in [5.74, 6) is -1.63. The number of likely N-dealkylation sites (N-methyl/N-ethyl adjacent to an activating group) is 1. The maximum Gasteiger partial charge on any atom is 0.328 e. The summed E-state index contributed by atoms with van der Waals surface area (Å²) in [6.45, 7) is 0.579. The van der Waals surface area contributed by atoms with E-state index in [2.05, 4.69) is 0 Å². The molecule has 0 spiro atoms. The van der Waals surface area contributed by atoms with Gasteiger partial charge in [0.25, 0.3) is 0 Å². The van der Waals surface area contributed by atoms with Crippen LogP contribution in [0.3, 0.4) is 0 Å². The second-order valence-electron chi connectivity index (χ2n) is 5.06. The summed E-state index contributed by atoms with van der Waals surface area (Å²) in [5.41, 5.74) is 0.710. The first-order valence-electron chi connectivity index (χ1n) is 6.86. The number of ether oxygens (including phenoxy) is 1. The highest BCUT2D eigenvalue weighted by Gasteiger charge is 2.24. The highest BCUT2D eigenvalue weighted by atomic mass is 16.5. The first kappa shape index (κ1) is 18.4. The van der Waals surface area contributed by atoms with Gasteiger partial charge in [-0.2, -0.15) is 0 Å². The molecule has 0 saturated heterocycles. The molecule has 23 heavy (non-hydrogen) atoms. The standard InChI is InChI=1S/C12H15NO2.C4H4O4/c1-13(2)9-7-11(14)10-5-3-4-6-12(10)15-8-9;5-3(6)1-2-4(7)8/h3-6,9H,7-8H2,1-2H3;1-2H,(H,5,6)(H,7,8)/b;2-1-. The van der Waals surface area contributed by atoms with Gasteiger partial charge in [0.1, 0.15) is 12.4 Å². The number of para-hydroxylation sites is 1. The molecule has 124 valence electrons. The lowest BCUT2D eigenvalue weighted by molar-refractivity contribution is -0.134. The Labute approximate surface area is 133 Å². The van der Waals surface area contributed by atoms with Crippen molar-refractivity contribution in [1.82, 2.24) is 4.90 Å². The van der Waals surface area contributed by atoms with E-state index in [9.17, 15) is 14.4 Å². The molecular formula is C16H19NO6. The van der Waals surface area contributed by atoms with E-state index in [1.54, 1.807) is 0 Å². The zero-order valence-electron chi connectivity index (χ0n) is 12.9. The number of benzene rings is 1. The molecule has 0 amide bonds. The molecule has 1 heterocycles. The van der Waals surface area contributed by atoms with Crippen LogP contribution in [-0.2, 0) is 9.59 Å². The Hall–Kier alpha value is -2.67. The number of Topliss-reactive ketones (excluding diaryl/α,β-unsaturated/α-hetero) is 1. The van der Waals surface area contributed by atoms with Crippen LogP contribution in [0.1, 0.15) is 16.8 Å². The minimum atomic E-state index is -1.26. The molecule has 1 aromatic rings. The quantitative estimate of drug-likeness (QED) is 0.808. The number of fused-ring (bicyclic) bond motifs is 1. The fourth-order valence-corrected chi connectivity index (χ4v) is 1.87. The number of carboxylic acid groups (broad SMARTS) is 2. The second-order valence-corrected chi connectivity index (χ2v) is 5.06. The Kier molecular flexibility index (Phi) is 6.95. The minimum Gasteiger partial charge on any atom is -0.491 e. The Bertz CT molecular complexity index is 592. The van der Waals surface area contributed by atoms with E-state index in [4.69, 9.17) is 14.9 Å². The number of aliphatic carboxylic acids is 2. The van der Waals surface area contributed by atoms with Crippen LogP contribution >= 0.6 is 0 Å². The third kappa shape index (κ3) is 6.31. The highest BCUT2D eigenvalue weighted by molar-refractivity contribution is 5.99. The van der Waals surface area contributed by atoms with Crippen LogP contribution in [-0.4, -0.2) is 59.6 Å². The average Bonchev–Trinajstić information content (AvgIpc) is 2.66. The van der Waals surface area contributed by atoms with E-state index in [1.165, 1.54) is 0 Å². The number of hydrogen-bond donors (Lipinski definition) is 2. The first-order valence-corrected chi connectivity index (χ1v) is 6.86. The van der Waals surface area contributed by atoms with Gasteiger partial charge in [-0.3, -0.25) is 4.79 Å². The second kappa shape index (κ2) is 8.70. The maximum atomic E-state index is 11.9. The summed E-state index contributed by atoms with van der Waals surface area (Å²) < 4.78 is 5.63. The average molecular weight is 321 g/mol. The van der Waals surface area contributed by atoms with Crippen LogP contribution in [0.2, 0.25) is 0 Å². The summed E-state index contributed by atoms with van der Waals surface area (Å²) >= 11 is 0. The van der Waals surface area contributed by atoms with Crippen LogP contribution in [0.25, 0.3) is 0 Å². The summed E-state index contributed by atoms with van der Waals surface area (Å²) in [7, 11) is 3.94. The minimum absolute atomic E-state index is 0.168. The van der Waals surface area contributed by atoms with Gasteiger partial charge in [0.15, 0.2) is 5.78 Å². The van der Waals surface area contributed by atoms with E-state index in [0.717, 1.165) is 0 Å². The van der Waals surface area contributed by atoms with Gasteiger partial charge >= 0.3 is 11.9 Å². The fourth-order valence-electron chi connectivity index (χ4n) is 1.87. The maximum absolute atomic E-state index is 11.9. The predicted molar refractivity (Wildman–Crippen MR) is 82.8 cm³/mol. The van der Waals surface area contributed by atoms with Gasteiger partial charge in [-0.25, -0.2) is 9.59 Å². The number of nitrogens with zero attached hydrogens (tertiary/aromatic N) is 1. The molecular weight excluding hydrogens is 302 g/mol. The largest absolute Gasteiger partial charge is 0.491 e. The smallest absolute Gasteiger partial charge is 0.328 e. The van der Waals surface area contributed by atoms with Crippen molar-refractivity contribution in [2.24, 2.45) is 0 Å². The number of carbonyl (C=O) groups is 3. The van der Waals surface area contributed by atoms with Gasteiger partial charge in [0.05, 0.1) is 11.6 Å². The summed E-state index contributed by atoms with van der Waals surface area (Å²) in [6.07, 6.45) is 1.65. The van der Waals surface area contributed by atoms with E-state index in [0.29, 0.717) is 36.5 Å². The molecule has 0 aromatic heterocycles. The van der Waals surface area contributed by atoms with Crippen molar-refractivity contribution in [3.8, 4) is 5.75 Å². The van der Waals surface area contributed by atoms with E-state index in [-0.39, 0.29) is 11.8 Å². The van der Waals surface area contributed by atoms with Crippen LogP contribution in [0.15, 0.2) is 36.4 Å². The number of carboxylic acids is 2. The molecule has 1 aromatic carbocycles. The van der Waals surface area contributed by atoms with Gasteiger partial charge in [-0.15, -0.1) is 0 Å². The predicted octanol–water partition coefficient (Wildman–Crippen LogP) is 1.29. The van der Waals surface area contributed by atoms with Gasteiger partial charge in [0, 0.05) is 18.6 Å². The van der Waals surface area contributed by atoms with Crippen molar-refractivity contribution < 1.29 is 29.3 Å². The molecule has 0 saturated carbocycles. The number of ketones is 1. The molecule has 0 fully saturated rings. The lowest BCUT2D eigenvalue weighted by Gasteiger charge is -2.20. The van der Waals surface area contributed by atoms with Crippen LogP contribution in [0.4, 0.5) is 0 Å². The molecule has 2 rings (SSSR count). The lowest BCUT2D eigenvalue weighted by atomic mass is 10.0. The topological polar surface area (TPSA) is 104 Å². The number of hydrogen-bond acceptors (Lipinski definition) is 5. The number of rotatable bonds is 3. The summed E-state index contributed by atoms with van der Waals surface area (Å²) in [6, 6.07) is 7.61. The van der Waals surface area contributed by atoms with Crippen molar-refractivity contribution in [2.75, 3.05) is 20.7 Å². The first-order chi connectivity index (χ1) is 10.8. The van der Waals surface area contributed by atoms with Gasteiger partial charge in [-0.1, -0.05) is 12.1 Å². The Morgan fingerprint density at radius 1 is 1.17 bits per heavy atom. The van der Waals surface area contributed by atoms with Crippen LogP contribution in [0, 0.1) is 0 Å². The van der Waals surface area contributed by atoms with Crippen LogP contribution in [0.5, 0.6) is 5.75 Å². The molecule has 2 N–H and O–H groups in total.